The summed E-state index contributed by atoms with van der Waals surface area (Å²) >= 11 is 0. The van der Waals surface area contributed by atoms with Crippen LogP contribution in [0.1, 0.15) is 47.5 Å². The predicted octanol–water partition coefficient (Wildman–Crippen LogP) is 1.93. The van der Waals surface area contributed by atoms with Crippen molar-refractivity contribution < 1.29 is 4.79 Å². The lowest BCUT2D eigenvalue weighted by molar-refractivity contribution is -0.122. The minimum absolute atomic E-state index is 0.122. The summed E-state index contributed by atoms with van der Waals surface area (Å²) in [6, 6.07) is 0. The van der Waals surface area contributed by atoms with Crippen LogP contribution in [-0.4, -0.2) is 25.0 Å². The molecule has 0 aromatic heterocycles. The average molecular weight is 214 g/mol. The van der Waals surface area contributed by atoms with Gasteiger partial charge in [-0.25, -0.2) is 0 Å². The van der Waals surface area contributed by atoms with Crippen molar-refractivity contribution in [3.8, 4) is 0 Å². The van der Waals surface area contributed by atoms with E-state index in [9.17, 15) is 4.79 Å². The summed E-state index contributed by atoms with van der Waals surface area (Å²) in [5.41, 5.74) is 0.114. The van der Waals surface area contributed by atoms with Gasteiger partial charge in [0.1, 0.15) is 0 Å². The summed E-state index contributed by atoms with van der Waals surface area (Å²) in [4.78, 5) is 11.6. The summed E-state index contributed by atoms with van der Waals surface area (Å²) in [6.45, 7) is 11.5. The lowest BCUT2D eigenvalue weighted by atomic mass is 9.82. The molecule has 15 heavy (non-hydrogen) atoms. The Balaban J connectivity index is 4.07. The number of carbonyl (C=O) groups is 1. The van der Waals surface area contributed by atoms with E-state index < -0.39 is 0 Å². The number of hydrogen-bond acceptors (Lipinski definition) is 2. The summed E-state index contributed by atoms with van der Waals surface area (Å²) in [6.07, 6.45) is 1.52. The maximum atomic E-state index is 11.6. The largest absolute Gasteiger partial charge is 0.351 e. The zero-order valence-electron chi connectivity index (χ0n) is 11.0. The molecule has 0 aliphatic carbocycles. The van der Waals surface area contributed by atoms with Gasteiger partial charge < -0.3 is 10.6 Å². The van der Waals surface area contributed by atoms with E-state index in [4.69, 9.17) is 0 Å². The van der Waals surface area contributed by atoms with Gasteiger partial charge in [-0.15, -0.1) is 0 Å². The zero-order valence-corrected chi connectivity index (χ0v) is 11.0. The Labute approximate surface area is 94.0 Å². The Morgan fingerprint density at radius 2 is 1.67 bits per heavy atom. The first-order valence-corrected chi connectivity index (χ1v) is 5.62. The summed E-state index contributed by atoms with van der Waals surface area (Å²) in [5.74, 6) is 0.124. The van der Waals surface area contributed by atoms with Gasteiger partial charge in [0, 0.05) is 18.5 Å². The first kappa shape index (κ1) is 14.4. The molecule has 3 nitrogen and oxygen atoms in total. The van der Waals surface area contributed by atoms with Gasteiger partial charge in [0.25, 0.3) is 0 Å². The first-order valence-electron chi connectivity index (χ1n) is 5.62. The number of hydrogen-bond donors (Lipinski definition) is 2. The van der Waals surface area contributed by atoms with Crippen LogP contribution in [0, 0.1) is 5.41 Å². The third-order valence-corrected chi connectivity index (χ3v) is 2.05. The van der Waals surface area contributed by atoms with Crippen LogP contribution < -0.4 is 10.6 Å². The smallest absolute Gasteiger partial charge is 0.221 e. The van der Waals surface area contributed by atoms with Gasteiger partial charge in [-0.2, -0.15) is 0 Å². The van der Waals surface area contributed by atoms with Gasteiger partial charge in [0.05, 0.1) is 0 Å². The van der Waals surface area contributed by atoms with Crippen molar-refractivity contribution in [3.63, 3.8) is 0 Å². The summed E-state index contributed by atoms with van der Waals surface area (Å²) < 4.78 is 0. The van der Waals surface area contributed by atoms with E-state index in [-0.39, 0.29) is 16.9 Å². The molecular formula is C12H26N2O. The van der Waals surface area contributed by atoms with Crippen LogP contribution >= 0.6 is 0 Å². The van der Waals surface area contributed by atoms with Crippen LogP contribution in [0.25, 0.3) is 0 Å². The molecule has 0 rings (SSSR count). The van der Waals surface area contributed by atoms with Crippen LogP contribution in [-0.2, 0) is 4.79 Å². The Morgan fingerprint density at radius 3 is 2.07 bits per heavy atom. The van der Waals surface area contributed by atoms with Gasteiger partial charge in [-0.1, -0.05) is 20.8 Å². The molecule has 0 aromatic rings. The quantitative estimate of drug-likeness (QED) is 0.734. The fourth-order valence-electron chi connectivity index (χ4n) is 2.05. The monoisotopic (exact) mass is 214 g/mol. The average Bonchev–Trinajstić information content (AvgIpc) is 1.94. The molecule has 0 radical (unpaired) electrons. The van der Waals surface area contributed by atoms with E-state index in [1.54, 1.807) is 0 Å². The minimum atomic E-state index is -0.122. The molecule has 0 aliphatic rings. The van der Waals surface area contributed by atoms with E-state index >= 15 is 0 Å². The highest BCUT2D eigenvalue weighted by Crippen LogP contribution is 2.26. The first-order chi connectivity index (χ1) is 6.66. The van der Waals surface area contributed by atoms with Crippen molar-refractivity contribution in [2.45, 2.75) is 53.0 Å². The van der Waals surface area contributed by atoms with Gasteiger partial charge in [-0.3, -0.25) is 4.79 Å². The number of rotatable bonds is 5. The fraction of sp³-hybridized carbons (Fsp3) is 0.917. The van der Waals surface area contributed by atoms with Crippen molar-refractivity contribution in [1.82, 2.24) is 10.6 Å². The molecule has 0 aliphatic heterocycles. The van der Waals surface area contributed by atoms with Crippen molar-refractivity contribution in [2.24, 2.45) is 5.41 Å². The zero-order chi connectivity index (χ0) is 12.1. The van der Waals surface area contributed by atoms with Gasteiger partial charge in [0.15, 0.2) is 0 Å². The number of nitrogens with one attached hydrogen (secondary N) is 2. The van der Waals surface area contributed by atoms with Crippen molar-refractivity contribution in [1.29, 1.82) is 0 Å². The molecule has 3 heteroatoms. The lowest BCUT2D eigenvalue weighted by Gasteiger charge is -2.33. The highest BCUT2D eigenvalue weighted by Gasteiger charge is 2.26. The van der Waals surface area contributed by atoms with Gasteiger partial charge >= 0.3 is 0 Å². The second kappa shape index (κ2) is 5.50. The van der Waals surface area contributed by atoms with E-state index in [1.807, 2.05) is 7.05 Å². The number of carbonyl (C=O) groups excluding carboxylic acids is 1. The van der Waals surface area contributed by atoms with Crippen LogP contribution in [0.2, 0.25) is 0 Å². The van der Waals surface area contributed by atoms with Crippen LogP contribution in [0.5, 0.6) is 0 Å². The van der Waals surface area contributed by atoms with Gasteiger partial charge in [-0.05, 0) is 32.7 Å². The Morgan fingerprint density at radius 1 is 1.13 bits per heavy atom. The standard InChI is InChI=1S/C12H26N2O/c1-11(2,3)9-12(4,5)14-10(15)7-8-13-6/h13H,7-9H2,1-6H3,(H,14,15). The molecule has 2 N–H and O–H groups in total. The third-order valence-electron chi connectivity index (χ3n) is 2.05. The van der Waals surface area contributed by atoms with E-state index in [0.29, 0.717) is 6.42 Å². The van der Waals surface area contributed by atoms with Crippen LogP contribution in [0.3, 0.4) is 0 Å². The molecule has 0 heterocycles. The van der Waals surface area contributed by atoms with Crippen molar-refractivity contribution >= 4 is 5.91 Å². The third kappa shape index (κ3) is 8.43. The highest BCUT2D eigenvalue weighted by atomic mass is 16.1. The van der Waals surface area contributed by atoms with Gasteiger partial charge in [0.2, 0.25) is 5.91 Å². The Hall–Kier alpha value is -0.570. The van der Waals surface area contributed by atoms with Crippen LogP contribution in [0.15, 0.2) is 0 Å². The maximum absolute atomic E-state index is 11.6. The van der Waals surface area contributed by atoms with E-state index in [1.165, 1.54) is 0 Å². The SMILES string of the molecule is CNCCC(=O)NC(C)(C)CC(C)(C)C. The Kier molecular flexibility index (Phi) is 5.29. The molecule has 0 atom stereocenters. The van der Waals surface area contributed by atoms with Crippen molar-refractivity contribution in [2.75, 3.05) is 13.6 Å². The molecular weight excluding hydrogens is 188 g/mol. The molecule has 90 valence electrons. The molecule has 1 amide bonds. The Bertz CT molecular complexity index is 204. The predicted molar refractivity (Wildman–Crippen MR) is 64.8 cm³/mol. The highest BCUT2D eigenvalue weighted by molar-refractivity contribution is 5.76. The second-order valence-corrected chi connectivity index (χ2v) is 6.02. The molecule has 0 spiro atoms. The molecule has 0 fully saturated rings. The molecule has 0 bridgehead atoms. The van der Waals surface area contributed by atoms with E-state index in [2.05, 4.69) is 45.3 Å². The minimum Gasteiger partial charge on any atom is -0.351 e. The van der Waals surface area contributed by atoms with Crippen molar-refractivity contribution in [3.05, 3.63) is 0 Å². The molecule has 0 unspecified atom stereocenters. The second-order valence-electron chi connectivity index (χ2n) is 6.02. The summed E-state index contributed by atoms with van der Waals surface area (Å²) in [7, 11) is 1.85. The normalized spacial score (nSPS) is 12.7. The number of amides is 1. The fourth-order valence-corrected chi connectivity index (χ4v) is 2.05. The maximum Gasteiger partial charge on any atom is 0.221 e. The summed E-state index contributed by atoms with van der Waals surface area (Å²) in [5, 5.41) is 6.04. The van der Waals surface area contributed by atoms with Crippen LogP contribution in [0.4, 0.5) is 0 Å². The molecule has 0 saturated carbocycles. The molecule has 0 saturated heterocycles. The lowest BCUT2D eigenvalue weighted by Crippen LogP contribution is -2.46. The topological polar surface area (TPSA) is 41.1 Å². The molecule has 0 aromatic carbocycles. The van der Waals surface area contributed by atoms with E-state index in [0.717, 1.165) is 13.0 Å².